The highest BCUT2D eigenvalue weighted by molar-refractivity contribution is 7.80. The van der Waals surface area contributed by atoms with Crippen LogP contribution < -0.4 is 20.7 Å². The quantitative estimate of drug-likeness (QED) is 0.0240. The van der Waals surface area contributed by atoms with E-state index < -0.39 is 35.5 Å². The predicted octanol–water partition coefficient (Wildman–Crippen LogP) is 3.37. The van der Waals surface area contributed by atoms with Gasteiger partial charge in [0, 0.05) is 89.6 Å². The van der Waals surface area contributed by atoms with Crippen molar-refractivity contribution in [2.45, 2.75) is 55.8 Å². The van der Waals surface area contributed by atoms with Crippen molar-refractivity contribution >= 4 is 61.3 Å². The zero-order chi connectivity index (χ0) is 48.8. The van der Waals surface area contributed by atoms with Crippen LogP contribution in [0.15, 0.2) is 68.7 Å². The van der Waals surface area contributed by atoms with Crippen molar-refractivity contribution in [3.05, 3.63) is 65.4 Å². The Morgan fingerprint density at radius 1 is 0.985 bits per heavy atom. The van der Waals surface area contributed by atoms with Crippen LogP contribution >= 0.6 is 12.6 Å². The maximum Gasteiger partial charge on any atom is 0.417 e. The van der Waals surface area contributed by atoms with E-state index in [9.17, 15) is 32.3 Å². The zero-order valence-electron chi connectivity index (χ0n) is 38.1. The second kappa shape index (κ2) is 28.0. The Kier molecular flexibility index (Phi) is 22.7. The molecule has 2 aromatic rings. The fourth-order valence-electron chi connectivity index (χ4n) is 7.24. The van der Waals surface area contributed by atoms with Gasteiger partial charge in [-0.1, -0.05) is 6.07 Å². The number of hydrogen-bond acceptors (Lipinski definition) is 16. The number of halogens is 3. The molecule has 19 nitrogen and oxygen atoms in total. The largest absolute Gasteiger partial charge is 0.489 e. The summed E-state index contributed by atoms with van der Waals surface area (Å²) < 4.78 is 61.7. The molecule has 1 unspecified atom stereocenters. The van der Waals surface area contributed by atoms with E-state index in [1.807, 2.05) is 12.1 Å². The van der Waals surface area contributed by atoms with Gasteiger partial charge in [-0.15, -0.1) is 22.9 Å². The van der Waals surface area contributed by atoms with E-state index in [1.165, 1.54) is 38.8 Å². The van der Waals surface area contributed by atoms with Gasteiger partial charge >= 0.3 is 6.18 Å². The third-order valence-corrected chi connectivity index (χ3v) is 11.3. The highest BCUT2D eigenvalue weighted by Crippen LogP contribution is 2.39. The normalized spacial score (nSPS) is 17.9. The summed E-state index contributed by atoms with van der Waals surface area (Å²) in [4.78, 5) is 68.3. The number of guanidine groups is 1. The number of thiol groups is 1. The molecule has 3 fully saturated rings. The molecule has 5 rings (SSSR count). The molecule has 4 amide bonds. The first-order valence-electron chi connectivity index (χ1n) is 21.6. The number of nitrogens with two attached hydrogens (primary N) is 1. The van der Waals surface area contributed by atoms with Gasteiger partial charge in [0.1, 0.15) is 17.9 Å². The SMILES string of the molecule is C=N\C=C/C=N/C(N)=N\N(COC)OC.Cc1cc(N2CCN(CCOCCOCCN3CCC(Oc4cccc(C(F)(F)F)c4S)CC3)CC2)ccc1C(=O)N(C=O)C1CCC(=O)NC1=O. The molecule has 0 aliphatic carbocycles. The maximum atomic E-state index is 13.2. The molecule has 3 aliphatic rings. The van der Waals surface area contributed by atoms with E-state index in [1.54, 1.807) is 19.1 Å². The van der Waals surface area contributed by atoms with E-state index in [2.05, 4.69) is 54.4 Å². The van der Waals surface area contributed by atoms with Gasteiger partial charge in [-0.2, -0.15) is 13.2 Å². The maximum absolute atomic E-state index is 13.2. The summed E-state index contributed by atoms with van der Waals surface area (Å²) in [6.07, 6.45) is 1.80. The number of carbonyl (C=O) groups excluding carboxylic acids is 4. The highest BCUT2D eigenvalue weighted by Gasteiger charge is 2.36. The molecule has 23 heteroatoms. The first-order valence-corrected chi connectivity index (χ1v) is 22.1. The summed E-state index contributed by atoms with van der Waals surface area (Å²) in [5.41, 5.74) is 6.66. The average molecular weight is 963 g/mol. The van der Waals surface area contributed by atoms with Gasteiger partial charge in [-0.25, -0.2) is 4.99 Å². The number of nitrogens with zero attached hydrogens (tertiary/aromatic N) is 8. The van der Waals surface area contributed by atoms with Crippen LogP contribution in [0.25, 0.3) is 0 Å². The smallest absolute Gasteiger partial charge is 0.417 e. The van der Waals surface area contributed by atoms with Gasteiger partial charge in [0.05, 0.1) is 44.0 Å². The number of allylic oxidation sites excluding steroid dienone is 1. The van der Waals surface area contributed by atoms with Crippen molar-refractivity contribution in [3.63, 3.8) is 0 Å². The first kappa shape index (κ1) is 54.2. The summed E-state index contributed by atoms with van der Waals surface area (Å²) >= 11 is 4.07. The number of anilines is 1. The molecular weight excluding hydrogens is 902 g/mol. The second-order valence-corrected chi connectivity index (χ2v) is 15.8. The number of alkyl halides is 3. The Morgan fingerprint density at radius 2 is 1.66 bits per heavy atom. The Balaban J connectivity index is 0.000000560. The molecule has 67 heavy (non-hydrogen) atoms. The fraction of sp³-hybridized carbons (Fsp3) is 0.523. The number of piperidine rings is 2. The van der Waals surface area contributed by atoms with Gasteiger partial charge in [0.2, 0.25) is 24.2 Å². The summed E-state index contributed by atoms with van der Waals surface area (Å²) in [6.45, 7) is 13.8. The van der Waals surface area contributed by atoms with E-state index in [0.717, 1.165) is 74.2 Å². The number of benzene rings is 2. The summed E-state index contributed by atoms with van der Waals surface area (Å²) in [5, 5.41) is 7.13. The van der Waals surface area contributed by atoms with Gasteiger partial charge in [0.15, 0.2) is 6.73 Å². The lowest BCUT2D eigenvalue weighted by Crippen LogP contribution is -2.53. The summed E-state index contributed by atoms with van der Waals surface area (Å²) in [5.74, 6) is -1.42. The van der Waals surface area contributed by atoms with Crippen molar-refractivity contribution in [1.29, 1.82) is 0 Å². The number of hydrazone groups is 1. The molecule has 3 saturated heterocycles. The minimum absolute atomic E-state index is 0.0441. The monoisotopic (exact) mass is 962 g/mol. The van der Waals surface area contributed by atoms with Gasteiger partial charge < -0.3 is 34.5 Å². The molecule has 1 atom stereocenters. The number of ether oxygens (including phenoxy) is 4. The van der Waals surface area contributed by atoms with Crippen LogP contribution in [-0.4, -0.2) is 175 Å². The van der Waals surface area contributed by atoms with Crippen molar-refractivity contribution in [2.75, 3.05) is 105 Å². The van der Waals surface area contributed by atoms with Crippen LogP contribution in [0.4, 0.5) is 18.9 Å². The number of likely N-dealkylation sites (tertiary alicyclic amines) is 1. The van der Waals surface area contributed by atoms with Crippen molar-refractivity contribution in [3.8, 4) is 5.75 Å². The van der Waals surface area contributed by atoms with Crippen molar-refractivity contribution in [1.82, 2.24) is 25.2 Å². The number of rotatable bonds is 21. The third-order valence-electron chi connectivity index (χ3n) is 10.8. The minimum Gasteiger partial charge on any atom is -0.489 e. The Labute approximate surface area is 394 Å². The molecule has 3 heterocycles. The lowest BCUT2D eigenvalue weighted by Gasteiger charge is -2.36. The molecule has 3 aliphatic heterocycles. The fourth-order valence-corrected chi connectivity index (χ4v) is 7.57. The Morgan fingerprint density at radius 3 is 2.24 bits per heavy atom. The lowest BCUT2D eigenvalue weighted by molar-refractivity contribution is -0.181. The molecule has 0 bridgehead atoms. The lowest BCUT2D eigenvalue weighted by atomic mass is 10.0. The molecule has 0 aromatic heterocycles. The molecule has 2 aromatic carbocycles. The van der Waals surface area contributed by atoms with Crippen LogP contribution in [0, 0.1) is 6.92 Å². The van der Waals surface area contributed by atoms with E-state index in [0.29, 0.717) is 56.8 Å². The third kappa shape index (κ3) is 17.6. The zero-order valence-corrected chi connectivity index (χ0v) is 39.0. The average Bonchev–Trinajstić information content (AvgIpc) is 3.30. The van der Waals surface area contributed by atoms with Crippen LogP contribution in [0.2, 0.25) is 0 Å². The van der Waals surface area contributed by atoms with Crippen LogP contribution in [0.5, 0.6) is 5.75 Å². The Bertz CT molecular complexity index is 2030. The summed E-state index contributed by atoms with van der Waals surface area (Å²) in [6, 6.07) is 8.31. The molecule has 3 N–H and O–H groups in total. The summed E-state index contributed by atoms with van der Waals surface area (Å²) in [7, 11) is 2.96. The van der Waals surface area contributed by atoms with Crippen molar-refractivity contribution in [2.24, 2.45) is 20.8 Å². The topological polar surface area (TPSA) is 206 Å². The number of hydroxylamine groups is 1. The first-order chi connectivity index (χ1) is 32.2. The molecular formula is C44H61F3N10O9S. The molecule has 0 saturated carbocycles. The van der Waals surface area contributed by atoms with Crippen molar-refractivity contribution < 1.29 is 56.1 Å². The second-order valence-electron chi connectivity index (χ2n) is 15.4. The van der Waals surface area contributed by atoms with E-state index in [-0.39, 0.29) is 42.3 Å². The van der Waals surface area contributed by atoms with Crippen LogP contribution in [-0.2, 0) is 39.6 Å². The molecule has 0 radical (unpaired) electrons. The van der Waals surface area contributed by atoms with Gasteiger partial charge in [0.25, 0.3) is 5.91 Å². The van der Waals surface area contributed by atoms with Gasteiger partial charge in [-0.3, -0.25) is 44.1 Å². The number of aryl methyl sites for hydroxylation is 1. The predicted molar refractivity (Wildman–Crippen MR) is 248 cm³/mol. The van der Waals surface area contributed by atoms with E-state index >= 15 is 0 Å². The molecule has 0 spiro atoms. The van der Waals surface area contributed by atoms with E-state index in [4.69, 9.17) is 29.5 Å². The number of imide groups is 2. The number of methoxy groups -OCH3 is 1. The van der Waals surface area contributed by atoms with Crippen LogP contribution in [0.1, 0.15) is 47.2 Å². The van der Waals surface area contributed by atoms with Crippen LogP contribution in [0.3, 0.4) is 0 Å². The standard InChI is InChI=1S/C36H46F3N5O7S.C8H15N5O2/c1-25-23-26(5-6-28(25)35(48)44(24-45)30-7-8-32(46)40-34(30)47)43-15-13-42(14-16-43)18-20-50-22-21-49-19-17-41-11-9-27(10-12-41)51-31-4-2-3-29(33(31)52)36(37,38)39;1-10-5-4-6-11-8(9)12-13(15-3)7-14-2/h2-6,23-24,27,30,52H,7-22H2,1H3,(H,40,46,47);4-6H,1,7H2,2-3H3,(H2,9,12)/b;5-4-,11-6+. The number of piperazine rings is 1. The number of aliphatic imine (C=N–C) groups is 2. The highest BCUT2D eigenvalue weighted by atomic mass is 32.1. The number of nitrogens with one attached hydrogen (secondary N) is 1. The molecule has 368 valence electrons. The number of carbonyl (C=O) groups is 4. The van der Waals surface area contributed by atoms with Gasteiger partial charge in [-0.05, 0) is 74.9 Å². The number of amides is 4. The number of hydrogen-bond donors (Lipinski definition) is 3. The Hall–Kier alpha value is -5.43. The minimum atomic E-state index is -4.47.